The monoisotopic (exact) mass is 284 g/mol. The van der Waals surface area contributed by atoms with Gasteiger partial charge in [0.15, 0.2) is 10.8 Å². The minimum absolute atomic E-state index is 0.104. The zero-order valence-electron chi connectivity index (χ0n) is 11.8. The zero-order chi connectivity index (χ0) is 14.0. The lowest BCUT2D eigenvalue weighted by molar-refractivity contribution is -0.0553. The number of nitrogens with one attached hydrogen (secondary N) is 1. The SMILES string of the molecule is COC(=O)c1nc(NC2CCOC(C)(C)C2)sc1C. The molecule has 1 saturated heterocycles. The largest absolute Gasteiger partial charge is 0.464 e. The van der Waals surface area contributed by atoms with Crippen molar-refractivity contribution in [3.05, 3.63) is 10.6 Å². The smallest absolute Gasteiger partial charge is 0.357 e. The lowest BCUT2D eigenvalue weighted by Crippen LogP contribution is -2.40. The predicted molar refractivity (Wildman–Crippen MR) is 74.9 cm³/mol. The van der Waals surface area contributed by atoms with Crippen LogP contribution in [0.15, 0.2) is 0 Å². The Bertz CT molecular complexity index is 470. The lowest BCUT2D eigenvalue weighted by atomic mass is 9.94. The Labute approximate surface area is 117 Å². The van der Waals surface area contributed by atoms with Gasteiger partial charge in [0.05, 0.1) is 12.7 Å². The Morgan fingerprint density at radius 2 is 2.32 bits per heavy atom. The topological polar surface area (TPSA) is 60.5 Å². The average molecular weight is 284 g/mol. The molecule has 0 amide bonds. The van der Waals surface area contributed by atoms with Crippen LogP contribution in [0.5, 0.6) is 0 Å². The maximum Gasteiger partial charge on any atom is 0.357 e. The molecule has 1 N–H and O–H groups in total. The van der Waals surface area contributed by atoms with Gasteiger partial charge in [-0.3, -0.25) is 0 Å². The van der Waals surface area contributed by atoms with Crippen LogP contribution in [0, 0.1) is 6.92 Å². The highest BCUT2D eigenvalue weighted by Gasteiger charge is 2.29. The van der Waals surface area contributed by atoms with Crippen LogP contribution in [0.1, 0.15) is 42.1 Å². The number of hydrogen-bond acceptors (Lipinski definition) is 6. The molecular weight excluding hydrogens is 264 g/mol. The number of esters is 1. The second-order valence-electron chi connectivity index (χ2n) is 5.36. The molecule has 1 aliphatic rings. The van der Waals surface area contributed by atoms with Gasteiger partial charge in [0.2, 0.25) is 0 Å². The van der Waals surface area contributed by atoms with E-state index < -0.39 is 0 Å². The molecule has 0 bridgehead atoms. The number of hydrogen-bond donors (Lipinski definition) is 1. The lowest BCUT2D eigenvalue weighted by Gasteiger charge is -2.35. The third-order valence-corrected chi connectivity index (χ3v) is 4.10. The third-order valence-electron chi connectivity index (χ3n) is 3.20. The van der Waals surface area contributed by atoms with E-state index in [1.54, 1.807) is 0 Å². The summed E-state index contributed by atoms with van der Waals surface area (Å²) in [5, 5.41) is 4.17. The number of aromatic nitrogens is 1. The van der Waals surface area contributed by atoms with E-state index in [1.807, 2.05) is 6.92 Å². The van der Waals surface area contributed by atoms with Crippen LogP contribution in [0.25, 0.3) is 0 Å². The molecule has 1 aliphatic heterocycles. The molecule has 0 aliphatic carbocycles. The highest BCUT2D eigenvalue weighted by molar-refractivity contribution is 7.15. The molecule has 106 valence electrons. The molecular formula is C13H20N2O3S. The Hall–Kier alpha value is -1.14. The summed E-state index contributed by atoms with van der Waals surface area (Å²) >= 11 is 1.49. The van der Waals surface area contributed by atoms with Gasteiger partial charge in [-0.05, 0) is 33.6 Å². The van der Waals surface area contributed by atoms with Crippen molar-refractivity contribution in [2.75, 3.05) is 19.0 Å². The number of anilines is 1. The van der Waals surface area contributed by atoms with Gasteiger partial charge >= 0.3 is 5.97 Å². The van der Waals surface area contributed by atoms with Gasteiger partial charge in [-0.15, -0.1) is 11.3 Å². The Morgan fingerprint density at radius 3 is 2.95 bits per heavy atom. The number of carbonyl (C=O) groups is 1. The third kappa shape index (κ3) is 3.45. The summed E-state index contributed by atoms with van der Waals surface area (Å²) in [5.74, 6) is -0.380. The summed E-state index contributed by atoms with van der Waals surface area (Å²) in [4.78, 5) is 16.7. The second-order valence-corrected chi connectivity index (χ2v) is 6.56. The van der Waals surface area contributed by atoms with Crippen LogP contribution in [-0.4, -0.2) is 36.3 Å². The molecule has 2 heterocycles. The summed E-state index contributed by atoms with van der Waals surface area (Å²) in [6, 6.07) is 0.333. The van der Waals surface area contributed by atoms with E-state index in [0.29, 0.717) is 11.7 Å². The van der Waals surface area contributed by atoms with Crippen molar-refractivity contribution in [2.45, 2.75) is 45.3 Å². The van der Waals surface area contributed by atoms with E-state index in [2.05, 4.69) is 24.1 Å². The first kappa shape index (κ1) is 14.3. The molecule has 0 spiro atoms. The number of nitrogens with zero attached hydrogens (tertiary/aromatic N) is 1. The molecule has 5 nitrogen and oxygen atoms in total. The number of methoxy groups -OCH3 is 1. The van der Waals surface area contributed by atoms with E-state index in [0.717, 1.165) is 29.5 Å². The summed E-state index contributed by atoms with van der Waals surface area (Å²) in [6.07, 6.45) is 1.88. The maximum absolute atomic E-state index is 11.5. The molecule has 1 aromatic rings. The van der Waals surface area contributed by atoms with Gasteiger partial charge in [-0.2, -0.15) is 0 Å². The molecule has 1 unspecified atom stereocenters. The second kappa shape index (κ2) is 5.46. The van der Waals surface area contributed by atoms with Crippen molar-refractivity contribution in [3.8, 4) is 0 Å². The quantitative estimate of drug-likeness (QED) is 0.865. The Morgan fingerprint density at radius 1 is 1.58 bits per heavy atom. The Kier molecular flexibility index (Phi) is 4.10. The van der Waals surface area contributed by atoms with Crippen molar-refractivity contribution in [1.82, 2.24) is 4.98 Å². The van der Waals surface area contributed by atoms with Crippen molar-refractivity contribution in [3.63, 3.8) is 0 Å². The molecule has 19 heavy (non-hydrogen) atoms. The number of ether oxygens (including phenoxy) is 2. The fraction of sp³-hybridized carbons (Fsp3) is 0.692. The van der Waals surface area contributed by atoms with Gasteiger partial charge in [0.1, 0.15) is 0 Å². The van der Waals surface area contributed by atoms with Crippen LogP contribution in [0.4, 0.5) is 5.13 Å². The van der Waals surface area contributed by atoms with Gasteiger partial charge < -0.3 is 14.8 Å². The summed E-state index contributed by atoms with van der Waals surface area (Å²) in [7, 11) is 1.37. The maximum atomic E-state index is 11.5. The van der Waals surface area contributed by atoms with E-state index >= 15 is 0 Å². The first-order valence-electron chi connectivity index (χ1n) is 6.37. The van der Waals surface area contributed by atoms with Gasteiger partial charge in [-0.1, -0.05) is 0 Å². The molecule has 1 atom stereocenters. The van der Waals surface area contributed by atoms with Gasteiger partial charge in [0, 0.05) is 17.5 Å². The molecule has 0 saturated carbocycles. The molecule has 1 aromatic heterocycles. The summed E-state index contributed by atoms with van der Waals surface area (Å²) in [6.45, 7) is 6.81. The number of thiazole rings is 1. The molecule has 2 rings (SSSR count). The first-order chi connectivity index (χ1) is 8.91. The van der Waals surface area contributed by atoms with E-state index in [-0.39, 0.29) is 11.6 Å². The number of rotatable bonds is 3. The fourth-order valence-electron chi connectivity index (χ4n) is 2.27. The Balaban J connectivity index is 2.05. The predicted octanol–water partition coefficient (Wildman–Crippen LogP) is 2.61. The van der Waals surface area contributed by atoms with Crippen molar-refractivity contribution < 1.29 is 14.3 Å². The molecule has 1 fully saturated rings. The van der Waals surface area contributed by atoms with Crippen LogP contribution >= 0.6 is 11.3 Å². The van der Waals surface area contributed by atoms with Gasteiger partial charge in [-0.25, -0.2) is 9.78 Å². The molecule has 6 heteroatoms. The standard InChI is InChI=1S/C13H20N2O3S/c1-8-10(11(16)17-4)15-12(19-8)14-9-5-6-18-13(2,3)7-9/h9H,5-7H2,1-4H3,(H,14,15). The van der Waals surface area contributed by atoms with E-state index in [9.17, 15) is 4.79 Å². The fourth-order valence-corrected chi connectivity index (χ4v) is 3.15. The highest BCUT2D eigenvalue weighted by Crippen LogP contribution is 2.29. The first-order valence-corrected chi connectivity index (χ1v) is 7.19. The number of carbonyl (C=O) groups excluding carboxylic acids is 1. The van der Waals surface area contributed by atoms with E-state index in [1.165, 1.54) is 18.4 Å². The minimum Gasteiger partial charge on any atom is -0.464 e. The highest BCUT2D eigenvalue weighted by atomic mass is 32.1. The van der Waals surface area contributed by atoms with Gasteiger partial charge in [0.25, 0.3) is 0 Å². The van der Waals surface area contributed by atoms with Crippen LogP contribution in [0.2, 0.25) is 0 Å². The average Bonchev–Trinajstić information content (AvgIpc) is 2.68. The molecule has 0 radical (unpaired) electrons. The number of aryl methyl sites for hydroxylation is 1. The van der Waals surface area contributed by atoms with Crippen LogP contribution < -0.4 is 5.32 Å². The van der Waals surface area contributed by atoms with Crippen molar-refractivity contribution >= 4 is 22.4 Å². The summed E-state index contributed by atoms with van der Waals surface area (Å²) in [5.41, 5.74) is 0.300. The van der Waals surface area contributed by atoms with Crippen molar-refractivity contribution in [2.24, 2.45) is 0 Å². The minimum atomic E-state index is -0.380. The van der Waals surface area contributed by atoms with Crippen LogP contribution in [0.3, 0.4) is 0 Å². The van der Waals surface area contributed by atoms with Crippen LogP contribution in [-0.2, 0) is 9.47 Å². The zero-order valence-corrected chi connectivity index (χ0v) is 12.6. The van der Waals surface area contributed by atoms with E-state index in [4.69, 9.17) is 9.47 Å². The summed E-state index contributed by atoms with van der Waals surface area (Å²) < 4.78 is 10.4. The normalized spacial score (nSPS) is 22.0. The van der Waals surface area contributed by atoms with Crippen molar-refractivity contribution in [1.29, 1.82) is 0 Å². The molecule has 0 aromatic carbocycles.